The van der Waals surface area contributed by atoms with Crippen molar-refractivity contribution in [2.45, 2.75) is 196 Å². The van der Waals surface area contributed by atoms with E-state index in [0.717, 1.165) is 70.0 Å². The summed E-state index contributed by atoms with van der Waals surface area (Å²) in [6, 6.07) is 0. The van der Waals surface area contributed by atoms with Crippen LogP contribution in [0.5, 0.6) is 0 Å². The Bertz CT molecular complexity index is 1580. The lowest BCUT2D eigenvalue weighted by Gasteiger charge is -2.61. The predicted molar refractivity (Wildman–Crippen MR) is 218 cm³/mol. The molecule has 0 aromatic rings. The molecule has 0 amide bonds. The molecule has 11 N–H and O–H groups in total. The van der Waals surface area contributed by atoms with Crippen LogP contribution in [0, 0.1) is 46.3 Å². The molecule has 362 valence electrons. The van der Waals surface area contributed by atoms with Crippen LogP contribution in [-0.2, 0) is 33.2 Å². The average Bonchev–Trinajstić information content (AvgIpc) is 3.76. The molecule has 3 saturated heterocycles. The molecule has 4 heterocycles. The Morgan fingerprint density at radius 3 is 1.87 bits per heavy atom. The molecule has 0 spiro atoms. The van der Waals surface area contributed by atoms with Gasteiger partial charge < -0.3 is 89.3 Å². The molecular formula is C45H74O18. The third-order valence-corrected chi connectivity index (χ3v) is 17.4. The first-order valence-electron chi connectivity index (χ1n) is 23.5. The first-order chi connectivity index (χ1) is 29.9. The highest BCUT2D eigenvalue weighted by molar-refractivity contribution is 5.26. The molecule has 0 bridgehead atoms. The summed E-state index contributed by atoms with van der Waals surface area (Å²) in [7, 11) is 0. The Hall–Kier alpha value is -1.14. The van der Waals surface area contributed by atoms with Crippen molar-refractivity contribution in [3.05, 3.63) is 11.3 Å². The highest BCUT2D eigenvalue weighted by Crippen LogP contribution is 2.70. The maximum absolute atomic E-state index is 11.2. The molecule has 4 aliphatic heterocycles. The van der Waals surface area contributed by atoms with E-state index in [4.69, 9.17) is 33.2 Å². The van der Waals surface area contributed by atoms with E-state index >= 15 is 0 Å². The lowest BCUT2D eigenvalue weighted by Crippen LogP contribution is -2.65. The zero-order valence-corrected chi connectivity index (χ0v) is 37.0. The Balaban J connectivity index is 0.872. The summed E-state index contributed by atoms with van der Waals surface area (Å²) in [5.74, 6) is 3.56. The first-order valence-corrected chi connectivity index (χ1v) is 23.5. The van der Waals surface area contributed by atoms with Crippen LogP contribution in [0.2, 0.25) is 0 Å². The van der Waals surface area contributed by atoms with Crippen molar-refractivity contribution < 1.29 is 89.3 Å². The zero-order valence-electron chi connectivity index (χ0n) is 37.0. The predicted octanol–water partition coefficient (Wildman–Crippen LogP) is -0.830. The second kappa shape index (κ2) is 19.1. The molecule has 8 aliphatic rings. The van der Waals surface area contributed by atoms with E-state index in [2.05, 4.69) is 27.7 Å². The van der Waals surface area contributed by atoms with Crippen LogP contribution >= 0.6 is 0 Å². The number of ether oxygens (including phenoxy) is 7. The first kappa shape index (κ1) is 48.3. The van der Waals surface area contributed by atoms with E-state index in [-0.39, 0.29) is 35.6 Å². The largest absolute Gasteiger partial charge is 0.494 e. The number of fused-ring (bicyclic) bond motifs is 7. The number of aliphatic hydroxyl groups is 11. The molecule has 0 aromatic carbocycles. The summed E-state index contributed by atoms with van der Waals surface area (Å²) in [5.41, 5.74) is 1.57. The summed E-state index contributed by atoms with van der Waals surface area (Å²) in [6.07, 6.45) is -12.1. The molecule has 8 rings (SSSR count). The highest BCUT2D eigenvalue weighted by Gasteiger charge is 2.65. The second-order valence-corrected chi connectivity index (χ2v) is 20.9. The van der Waals surface area contributed by atoms with Crippen LogP contribution < -0.4 is 0 Å². The molecule has 18 heteroatoms. The molecule has 0 unspecified atom stereocenters. The van der Waals surface area contributed by atoms with E-state index < -0.39 is 112 Å². The molecule has 4 aliphatic carbocycles. The fraction of sp³-hybridized carbons (Fsp3) is 0.956. The molecule has 4 saturated carbocycles. The van der Waals surface area contributed by atoms with Crippen LogP contribution in [0.25, 0.3) is 0 Å². The van der Waals surface area contributed by atoms with Crippen molar-refractivity contribution in [1.82, 2.24) is 0 Å². The molecule has 18 nitrogen and oxygen atoms in total. The number of hydrogen-bond acceptors (Lipinski definition) is 18. The van der Waals surface area contributed by atoms with Crippen LogP contribution in [-0.4, -0.2) is 187 Å². The van der Waals surface area contributed by atoms with Gasteiger partial charge in [0.2, 0.25) is 0 Å². The van der Waals surface area contributed by atoms with Crippen molar-refractivity contribution >= 4 is 0 Å². The Labute approximate surface area is 369 Å². The zero-order chi connectivity index (χ0) is 45.3. The fourth-order valence-corrected chi connectivity index (χ4v) is 13.7. The van der Waals surface area contributed by atoms with Gasteiger partial charge in [-0.1, -0.05) is 20.8 Å². The van der Waals surface area contributed by atoms with Gasteiger partial charge in [-0.2, -0.15) is 0 Å². The minimum absolute atomic E-state index is 0.0928. The van der Waals surface area contributed by atoms with Crippen molar-refractivity contribution in [2.24, 2.45) is 46.3 Å². The van der Waals surface area contributed by atoms with Crippen LogP contribution in [0.15, 0.2) is 11.3 Å². The van der Waals surface area contributed by atoms with Crippen molar-refractivity contribution in [2.75, 3.05) is 26.4 Å². The van der Waals surface area contributed by atoms with Gasteiger partial charge in [-0.05, 0) is 111 Å². The molecule has 0 aromatic heterocycles. The van der Waals surface area contributed by atoms with Gasteiger partial charge in [0.05, 0.1) is 38.3 Å². The molecule has 63 heavy (non-hydrogen) atoms. The van der Waals surface area contributed by atoms with Crippen molar-refractivity contribution in [3.63, 3.8) is 0 Å². The highest BCUT2D eigenvalue weighted by atomic mass is 16.8. The number of allylic oxidation sites excluding steroid dienone is 1. The topological polar surface area (TPSA) is 287 Å². The number of aliphatic hydroxyl groups excluding tert-OH is 11. The Kier molecular flexibility index (Phi) is 14.6. The SMILES string of the molecule is CC1=C(CC[C@H](C)CO[C@@H]2O[C@H](CO)[C@@H](O)[C@H](O)[C@H]2O)O[C@H]2C[C@@H]3[C@@H]4CC[C@@H]5C[C@H](O[C@@H]6O[C@H](CO)[C@H](O)[C@H](O)[C@H]6O[C@@H]6O[C@H](CO)[C@@H](O)[C@H](O)[C@H]6O)CC[C@]5(C)[C@@H]4CC[C@]3(C)[C@@H]12. The second-order valence-electron chi connectivity index (χ2n) is 20.9. The van der Waals surface area contributed by atoms with E-state index in [1.165, 1.54) is 5.57 Å². The van der Waals surface area contributed by atoms with E-state index in [9.17, 15) is 56.2 Å². The Morgan fingerprint density at radius 1 is 0.635 bits per heavy atom. The lowest BCUT2D eigenvalue weighted by atomic mass is 9.44. The van der Waals surface area contributed by atoms with Crippen molar-refractivity contribution in [1.29, 1.82) is 0 Å². The maximum atomic E-state index is 11.2. The normalized spacial score (nSPS) is 52.7. The monoisotopic (exact) mass is 902 g/mol. The fourth-order valence-electron chi connectivity index (χ4n) is 13.7. The third-order valence-electron chi connectivity index (χ3n) is 17.4. The van der Waals surface area contributed by atoms with E-state index in [1.54, 1.807) is 0 Å². The molecule has 7 fully saturated rings. The number of rotatable bonds is 13. The van der Waals surface area contributed by atoms with Gasteiger partial charge in [0.1, 0.15) is 79.4 Å². The summed E-state index contributed by atoms with van der Waals surface area (Å²) >= 11 is 0. The summed E-state index contributed by atoms with van der Waals surface area (Å²) < 4.78 is 42.2. The minimum atomic E-state index is -1.74. The lowest BCUT2D eigenvalue weighted by molar-refractivity contribution is -0.373. The molecule has 25 atom stereocenters. The minimum Gasteiger partial charge on any atom is -0.494 e. The standard InChI is InChI=1S/C45H74O18/c1-19(18-57-41-38(55)35(52)32(49)28(15-46)60-41)5-8-26-20(2)31-27(59-26)14-25-23-7-6-21-13-22(9-11-44(21,3)24(23)10-12-45(25,31)4)58-43-40(37(54)34(51)30(17-48)62-43)63-42-39(56)36(53)33(50)29(16-47)61-42/h19,21-25,27-43,46-56H,5-18H2,1-4H3/t19-,21+,22+,23+,24+,25+,27-,28+,29+,30+,31-,32+,33+,34-,35-,36-,37-,38+,39+,40+,41+,42-,43+,44-,45-/m0/s1. The van der Waals surface area contributed by atoms with Gasteiger partial charge in [0.25, 0.3) is 0 Å². The van der Waals surface area contributed by atoms with E-state index in [1.807, 2.05) is 0 Å². The van der Waals surface area contributed by atoms with Gasteiger partial charge in [-0.25, -0.2) is 0 Å². The summed E-state index contributed by atoms with van der Waals surface area (Å²) in [4.78, 5) is 0. The van der Waals surface area contributed by atoms with E-state index in [0.29, 0.717) is 29.6 Å². The van der Waals surface area contributed by atoms with Crippen LogP contribution in [0.1, 0.15) is 91.9 Å². The summed E-state index contributed by atoms with van der Waals surface area (Å²) in [5, 5.41) is 113. The van der Waals surface area contributed by atoms with Crippen molar-refractivity contribution in [3.8, 4) is 0 Å². The molecule has 0 radical (unpaired) electrons. The van der Waals surface area contributed by atoms with Gasteiger partial charge in [-0.3, -0.25) is 0 Å². The maximum Gasteiger partial charge on any atom is 0.187 e. The summed E-state index contributed by atoms with van der Waals surface area (Å²) in [6.45, 7) is 7.74. The van der Waals surface area contributed by atoms with Crippen LogP contribution in [0.4, 0.5) is 0 Å². The van der Waals surface area contributed by atoms with Crippen LogP contribution in [0.3, 0.4) is 0 Å². The third kappa shape index (κ3) is 8.68. The van der Waals surface area contributed by atoms with Gasteiger partial charge in [-0.15, -0.1) is 0 Å². The average molecular weight is 903 g/mol. The quantitative estimate of drug-likeness (QED) is 0.101. The van der Waals surface area contributed by atoms with Gasteiger partial charge >= 0.3 is 0 Å². The van der Waals surface area contributed by atoms with Gasteiger partial charge in [0.15, 0.2) is 18.9 Å². The molecular weight excluding hydrogens is 828 g/mol. The Morgan fingerprint density at radius 2 is 1.22 bits per heavy atom. The smallest absolute Gasteiger partial charge is 0.187 e. The number of hydrogen-bond donors (Lipinski definition) is 11. The van der Waals surface area contributed by atoms with Gasteiger partial charge in [0, 0.05) is 12.3 Å².